The Morgan fingerprint density at radius 3 is 2.69 bits per heavy atom. The number of aryl methyl sites for hydroxylation is 1. The van der Waals surface area contributed by atoms with E-state index >= 15 is 0 Å². The molecule has 16 heavy (non-hydrogen) atoms. The van der Waals surface area contributed by atoms with Gasteiger partial charge in [0.1, 0.15) is 0 Å². The fourth-order valence-electron chi connectivity index (χ4n) is 1.54. The molecule has 1 amide bonds. The summed E-state index contributed by atoms with van der Waals surface area (Å²) in [5.41, 5.74) is 7.64. The maximum absolute atomic E-state index is 10.9. The molecule has 0 aromatic heterocycles. The molecule has 4 heteroatoms. The lowest BCUT2D eigenvalue weighted by molar-refractivity contribution is -0.116. The molecule has 0 bridgehead atoms. The zero-order valence-electron chi connectivity index (χ0n) is 9.53. The lowest BCUT2D eigenvalue weighted by atomic mass is 10.1. The lowest BCUT2D eigenvalue weighted by Gasteiger charge is -2.21. The second-order valence-electron chi connectivity index (χ2n) is 3.59. The normalized spacial score (nSPS) is 9.56. The van der Waals surface area contributed by atoms with Crippen molar-refractivity contribution in [2.45, 2.75) is 13.8 Å². The van der Waals surface area contributed by atoms with E-state index in [2.05, 4.69) is 6.07 Å². The maximum atomic E-state index is 10.9. The number of nitrogens with two attached hydrogens (primary N) is 1. The van der Waals surface area contributed by atoms with Gasteiger partial charge in [-0.1, -0.05) is 0 Å². The quantitative estimate of drug-likeness (QED) is 0.823. The highest BCUT2D eigenvalue weighted by atomic mass is 16.1. The Hall–Kier alpha value is -2.02. The number of rotatable bonds is 4. The van der Waals surface area contributed by atoms with Crippen LogP contribution < -0.4 is 10.6 Å². The first-order valence-corrected chi connectivity index (χ1v) is 5.12. The highest BCUT2D eigenvalue weighted by Gasteiger charge is 2.08. The Morgan fingerprint density at radius 1 is 1.56 bits per heavy atom. The van der Waals surface area contributed by atoms with Crippen LogP contribution in [0, 0.1) is 18.3 Å². The van der Waals surface area contributed by atoms with E-state index < -0.39 is 0 Å². The molecule has 4 nitrogen and oxygen atoms in total. The number of nitrogens with zero attached hydrogens (tertiary/aromatic N) is 2. The average molecular weight is 217 g/mol. The minimum Gasteiger partial charge on any atom is -0.368 e. The summed E-state index contributed by atoms with van der Waals surface area (Å²) >= 11 is 0. The molecule has 0 fully saturated rings. The van der Waals surface area contributed by atoms with Gasteiger partial charge in [-0.25, -0.2) is 0 Å². The first-order valence-electron chi connectivity index (χ1n) is 5.12. The number of amides is 1. The molecular weight excluding hydrogens is 202 g/mol. The molecule has 0 aliphatic rings. The van der Waals surface area contributed by atoms with Crippen molar-refractivity contribution in [3.05, 3.63) is 29.3 Å². The molecule has 1 aromatic carbocycles. The number of hydrogen-bond donors (Lipinski definition) is 1. The van der Waals surface area contributed by atoms with E-state index in [4.69, 9.17) is 11.0 Å². The van der Waals surface area contributed by atoms with Gasteiger partial charge in [-0.05, 0) is 37.6 Å². The van der Waals surface area contributed by atoms with Crippen LogP contribution in [-0.2, 0) is 4.79 Å². The second-order valence-corrected chi connectivity index (χ2v) is 3.59. The number of carbonyl (C=O) groups excluding carboxylic acids is 1. The molecule has 1 rings (SSSR count). The first kappa shape index (κ1) is 12.1. The Kier molecular flexibility index (Phi) is 3.90. The van der Waals surface area contributed by atoms with Crippen LogP contribution in [-0.4, -0.2) is 19.0 Å². The number of nitriles is 1. The Morgan fingerprint density at radius 2 is 2.25 bits per heavy atom. The average Bonchev–Trinajstić information content (AvgIpc) is 2.25. The monoisotopic (exact) mass is 217 g/mol. The van der Waals surface area contributed by atoms with Gasteiger partial charge >= 0.3 is 0 Å². The van der Waals surface area contributed by atoms with Crippen molar-refractivity contribution in [1.29, 1.82) is 5.26 Å². The summed E-state index contributed by atoms with van der Waals surface area (Å²) in [5.74, 6) is -0.358. The summed E-state index contributed by atoms with van der Waals surface area (Å²) in [6, 6.07) is 7.59. The summed E-state index contributed by atoms with van der Waals surface area (Å²) < 4.78 is 0. The lowest BCUT2D eigenvalue weighted by Crippen LogP contribution is -2.33. The topological polar surface area (TPSA) is 70.1 Å². The Balaban J connectivity index is 2.99. The van der Waals surface area contributed by atoms with Crippen LogP contribution in [0.4, 0.5) is 5.69 Å². The molecular formula is C12H15N3O. The fraction of sp³-hybridized carbons (Fsp3) is 0.333. The van der Waals surface area contributed by atoms with Gasteiger partial charge in [-0.2, -0.15) is 5.26 Å². The summed E-state index contributed by atoms with van der Waals surface area (Å²) in [4.78, 5) is 12.7. The van der Waals surface area contributed by atoms with Gasteiger partial charge in [0, 0.05) is 12.2 Å². The van der Waals surface area contributed by atoms with Crippen LogP contribution in [0.15, 0.2) is 18.2 Å². The van der Waals surface area contributed by atoms with Crippen LogP contribution in [0.3, 0.4) is 0 Å². The van der Waals surface area contributed by atoms with E-state index in [-0.39, 0.29) is 12.5 Å². The predicted molar refractivity (Wildman–Crippen MR) is 63.0 cm³/mol. The Labute approximate surface area is 95.3 Å². The highest BCUT2D eigenvalue weighted by molar-refractivity contribution is 5.79. The van der Waals surface area contributed by atoms with Crippen molar-refractivity contribution in [2.24, 2.45) is 5.73 Å². The van der Waals surface area contributed by atoms with E-state index in [1.807, 2.05) is 30.9 Å². The van der Waals surface area contributed by atoms with Crippen LogP contribution in [0.5, 0.6) is 0 Å². The molecule has 0 aliphatic carbocycles. The zero-order chi connectivity index (χ0) is 12.1. The number of likely N-dealkylation sites (N-methyl/N-ethyl adjacent to an activating group) is 1. The molecule has 0 saturated carbocycles. The molecule has 84 valence electrons. The van der Waals surface area contributed by atoms with Crippen molar-refractivity contribution >= 4 is 11.6 Å². The number of primary amides is 1. The van der Waals surface area contributed by atoms with E-state index in [9.17, 15) is 4.79 Å². The van der Waals surface area contributed by atoms with Crippen LogP contribution in [0.1, 0.15) is 18.1 Å². The largest absolute Gasteiger partial charge is 0.368 e. The van der Waals surface area contributed by atoms with Crippen LogP contribution in [0.2, 0.25) is 0 Å². The van der Waals surface area contributed by atoms with Crippen molar-refractivity contribution in [2.75, 3.05) is 18.0 Å². The van der Waals surface area contributed by atoms with Crippen LogP contribution in [0.25, 0.3) is 0 Å². The maximum Gasteiger partial charge on any atom is 0.236 e. The summed E-state index contributed by atoms with van der Waals surface area (Å²) in [6.07, 6.45) is 0. The highest BCUT2D eigenvalue weighted by Crippen LogP contribution is 2.18. The molecule has 1 aromatic rings. The van der Waals surface area contributed by atoms with Crippen molar-refractivity contribution in [3.8, 4) is 6.07 Å². The van der Waals surface area contributed by atoms with Gasteiger partial charge in [0.05, 0.1) is 18.2 Å². The van der Waals surface area contributed by atoms with Crippen LogP contribution >= 0.6 is 0 Å². The summed E-state index contributed by atoms with van der Waals surface area (Å²) in [6.45, 7) is 4.73. The zero-order valence-corrected chi connectivity index (χ0v) is 9.53. The first-order chi connectivity index (χ1) is 7.58. The van der Waals surface area contributed by atoms with E-state index in [1.165, 1.54) is 0 Å². The van der Waals surface area contributed by atoms with Gasteiger partial charge in [0.25, 0.3) is 0 Å². The van der Waals surface area contributed by atoms with E-state index in [0.717, 1.165) is 11.3 Å². The van der Waals surface area contributed by atoms with Crippen molar-refractivity contribution in [1.82, 2.24) is 0 Å². The summed E-state index contributed by atoms with van der Waals surface area (Å²) in [5, 5.41) is 8.81. The number of benzene rings is 1. The molecule has 0 unspecified atom stereocenters. The smallest absolute Gasteiger partial charge is 0.236 e. The van der Waals surface area contributed by atoms with Gasteiger partial charge in [-0.15, -0.1) is 0 Å². The van der Waals surface area contributed by atoms with Crippen molar-refractivity contribution in [3.63, 3.8) is 0 Å². The number of carbonyl (C=O) groups is 1. The molecule has 0 radical (unpaired) electrons. The summed E-state index contributed by atoms with van der Waals surface area (Å²) in [7, 11) is 0. The molecule has 0 atom stereocenters. The standard InChI is InChI=1S/C12H15N3O/c1-3-15(8-12(14)16)11-5-4-10(7-13)9(2)6-11/h4-6H,3,8H2,1-2H3,(H2,14,16). The third-order valence-corrected chi connectivity index (χ3v) is 2.42. The SMILES string of the molecule is CCN(CC(N)=O)c1ccc(C#N)c(C)c1. The van der Waals surface area contributed by atoms with Crippen molar-refractivity contribution < 1.29 is 4.79 Å². The van der Waals surface area contributed by atoms with E-state index in [1.54, 1.807) is 6.07 Å². The third kappa shape index (κ3) is 2.74. The minimum atomic E-state index is -0.358. The van der Waals surface area contributed by atoms with E-state index in [0.29, 0.717) is 12.1 Å². The number of hydrogen-bond acceptors (Lipinski definition) is 3. The number of anilines is 1. The molecule has 0 spiro atoms. The predicted octanol–water partition coefficient (Wildman–Crippen LogP) is 1.18. The molecule has 0 saturated heterocycles. The van der Waals surface area contributed by atoms with Gasteiger partial charge in [0.2, 0.25) is 5.91 Å². The molecule has 2 N–H and O–H groups in total. The molecule has 0 aliphatic heterocycles. The fourth-order valence-corrected chi connectivity index (χ4v) is 1.54. The minimum absolute atomic E-state index is 0.196. The van der Waals surface area contributed by atoms with Gasteiger partial charge in [0.15, 0.2) is 0 Å². The van der Waals surface area contributed by atoms with Gasteiger partial charge in [-0.3, -0.25) is 4.79 Å². The molecule has 0 heterocycles. The third-order valence-electron chi connectivity index (χ3n) is 2.42. The second kappa shape index (κ2) is 5.17. The Bertz CT molecular complexity index is 434. The van der Waals surface area contributed by atoms with Gasteiger partial charge < -0.3 is 10.6 Å².